The van der Waals surface area contributed by atoms with Gasteiger partial charge >= 0.3 is 0 Å². The molecule has 0 spiro atoms. The molecule has 0 saturated carbocycles. The summed E-state index contributed by atoms with van der Waals surface area (Å²) in [5, 5.41) is 12.7. The smallest absolute Gasteiger partial charge is 0.224 e. The van der Waals surface area contributed by atoms with Crippen molar-refractivity contribution in [2.75, 3.05) is 5.32 Å². The van der Waals surface area contributed by atoms with E-state index in [1.165, 1.54) is 12.1 Å². The summed E-state index contributed by atoms with van der Waals surface area (Å²) in [6, 6.07) is 2.85. The zero-order valence-corrected chi connectivity index (χ0v) is 11.2. The molecule has 1 amide bonds. The third kappa shape index (κ3) is 4.48. The number of benzene rings is 1. The van der Waals surface area contributed by atoms with E-state index in [-0.39, 0.29) is 22.4 Å². The van der Waals surface area contributed by atoms with Crippen LogP contribution in [0.2, 0.25) is 10.0 Å². The highest BCUT2D eigenvalue weighted by Gasteiger charge is 2.10. The van der Waals surface area contributed by atoms with Gasteiger partial charge in [0.05, 0.1) is 10.7 Å². The molecule has 0 saturated heterocycles. The first-order valence-corrected chi connectivity index (χ1v) is 6.21. The molecule has 0 bridgehead atoms. The number of unbranched alkanes of at least 4 members (excludes halogenated alkanes) is 2. The maximum absolute atomic E-state index is 11.6. The number of phenolic OH excluding ortho intramolecular Hbond substituents is 1. The fourth-order valence-corrected chi connectivity index (χ4v) is 1.88. The number of nitrogens with one attached hydrogen (secondary N) is 1. The van der Waals surface area contributed by atoms with Crippen molar-refractivity contribution in [2.24, 2.45) is 0 Å². The summed E-state index contributed by atoms with van der Waals surface area (Å²) in [6.07, 6.45) is 7.60. The maximum atomic E-state index is 11.6. The van der Waals surface area contributed by atoms with E-state index in [1.807, 2.05) is 0 Å². The highest BCUT2D eigenvalue weighted by atomic mass is 35.5. The number of aromatic hydroxyl groups is 1. The number of hydrogen-bond acceptors (Lipinski definition) is 2. The Hall–Kier alpha value is -1.37. The van der Waals surface area contributed by atoms with E-state index < -0.39 is 0 Å². The van der Waals surface area contributed by atoms with Gasteiger partial charge in [-0.2, -0.15) is 0 Å². The molecule has 0 atom stereocenters. The lowest BCUT2D eigenvalue weighted by Crippen LogP contribution is -2.11. The predicted octanol–water partition coefficient (Wildman–Crippen LogP) is 3.83. The van der Waals surface area contributed by atoms with E-state index in [9.17, 15) is 9.90 Å². The number of carbonyl (C=O) groups excluding carboxylic acids is 1. The van der Waals surface area contributed by atoms with Crippen LogP contribution >= 0.6 is 23.2 Å². The molecule has 0 unspecified atom stereocenters. The minimum atomic E-state index is -0.208. The molecule has 0 aliphatic heterocycles. The first-order chi connectivity index (χ1) is 8.54. The van der Waals surface area contributed by atoms with Crippen LogP contribution in [0.15, 0.2) is 12.1 Å². The lowest BCUT2D eigenvalue weighted by atomic mass is 10.2. The fraction of sp³-hybridized carbons (Fsp3) is 0.308. The lowest BCUT2D eigenvalue weighted by molar-refractivity contribution is -0.116. The van der Waals surface area contributed by atoms with Crippen LogP contribution in [-0.4, -0.2) is 11.0 Å². The number of hydrogen-bond donors (Lipinski definition) is 2. The molecule has 96 valence electrons. The van der Waals surface area contributed by atoms with Crippen molar-refractivity contribution in [3.05, 3.63) is 22.2 Å². The van der Waals surface area contributed by atoms with Crippen LogP contribution in [0.3, 0.4) is 0 Å². The van der Waals surface area contributed by atoms with E-state index >= 15 is 0 Å². The number of halogens is 2. The average molecular weight is 286 g/mol. The van der Waals surface area contributed by atoms with Gasteiger partial charge in [0.25, 0.3) is 0 Å². The summed E-state index contributed by atoms with van der Waals surface area (Å²) in [5.74, 6) is 2.12. The molecule has 0 aliphatic carbocycles. The van der Waals surface area contributed by atoms with Crippen molar-refractivity contribution in [3.8, 4) is 18.1 Å². The lowest BCUT2D eigenvalue weighted by Gasteiger charge is -2.08. The third-order valence-electron chi connectivity index (χ3n) is 2.28. The van der Waals surface area contributed by atoms with E-state index in [2.05, 4.69) is 11.2 Å². The summed E-state index contributed by atoms with van der Waals surface area (Å²) in [4.78, 5) is 11.6. The highest BCUT2D eigenvalue weighted by molar-refractivity contribution is 6.36. The molecule has 1 rings (SSSR count). The quantitative estimate of drug-likeness (QED) is 0.491. The van der Waals surface area contributed by atoms with Crippen LogP contribution in [0.1, 0.15) is 25.7 Å². The molecular weight excluding hydrogens is 273 g/mol. The molecule has 0 aromatic heterocycles. The Labute approximate surface area is 116 Å². The second-order valence-electron chi connectivity index (χ2n) is 3.74. The Morgan fingerprint density at radius 1 is 1.39 bits per heavy atom. The molecule has 0 radical (unpaired) electrons. The molecule has 0 fully saturated rings. The van der Waals surface area contributed by atoms with Crippen molar-refractivity contribution in [1.82, 2.24) is 0 Å². The summed E-state index contributed by atoms with van der Waals surface area (Å²) >= 11 is 11.5. The minimum Gasteiger partial charge on any atom is -0.504 e. The van der Waals surface area contributed by atoms with E-state index in [1.54, 1.807) is 0 Å². The number of amides is 1. The SMILES string of the molecule is C#CCCCCC(=O)Nc1cc(Cl)cc(Cl)c1O. The summed E-state index contributed by atoms with van der Waals surface area (Å²) in [7, 11) is 0. The molecule has 2 N–H and O–H groups in total. The predicted molar refractivity (Wildman–Crippen MR) is 74.1 cm³/mol. The highest BCUT2D eigenvalue weighted by Crippen LogP contribution is 2.35. The Kier molecular flexibility index (Phi) is 5.84. The average Bonchev–Trinajstić information content (AvgIpc) is 2.31. The first kappa shape index (κ1) is 14.7. The molecule has 0 heterocycles. The largest absolute Gasteiger partial charge is 0.504 e. The second kappa shape index (κ2) is 7.15. The number of carbonyl (C=O) groups is 1. The molecular formula is C13H13Cl2NO2. The normalized spacial score (nSPS) is 9.83. The first-order valence-electron chi connectivity index (χ1n) is 5.46. The van der Waals surface area contributed by atoms with Gasteiger partial charge < -0.3 is 10.4 Å². The van der Waals surface area contributed by atoms with Gasteiger partial charge in [0.1, 0.15) is 0 Å². The summed E-state index contributed by atoms with van der Waals surface area (Å²) in [6.45, 7) is 0. The second-order valence-corrected chi connectivity index (χ2v) is 4.59. The Bertz CT molecular complexity index is 481. The number of rotatable bonds is 5. The van der Waals surface area contributed by atoms with Crippen LogP contribution in [0.5, 0.6) is 5.75 Å². The van der Waals surface area contributed by atoms with Crippen LogP contribution in [0.25, 0.3) is 0 Å². The topological polar surface area (TPSA) is 49.3 Å². The molecule has 0 aliphatic rings. The Balaban J connectivity index is 2.57. The van der Waals surface area contributed by atoms with Crippen molar-refractivity contribution in [1.29, 1.82) is 0 Å². The standard InChI is InChI=1S/C13H13Cl2NO2/c1-2-3-4-5-6-12(17)16-11-8-9(14)7-10(15)13(11)18/h1,7-8,18H,3-6H2,(H,16,17). The Morgan fingerprint density at radius 2 is 2.11 bits per heavy atom. The van der Waals surface area contributed by atoms with Gasteiger partial charge in [0.15, 0.2) is 5.75 Å². The van der Waals surface area contributed by atoms with Gasteiger partial charge in [-0.3, -0.25) is 4.79 Å². The molecule has 1 aromatic carbocycles. The van der Waals surface area contributed by atoms with Crippen LogP contribution in [0, 0.1) is 12.3 Å². The minimum absolute atomic E-state index is 0.102. The zero-order chi connectivity index (χ0) is 13.5. The number of terminal acetylenes is 1. The fourth-order valence-electron chi connectivity index (χ4n) is 1.39. The van der Waals surface area contributed by atoms with Gasteiger partial charge in [-0.05, 0) is 25.0 Å². The molecule has 18 heavy (non-hydrogen) atoms. The van der Waals surface area contributed by atoms with E-state index in [4.69, 9.17) is 29.6 Å². The van der Waals surface area contributed by atoms with Crippen LogP contribution in [-0.2, 0) is 4.79 Å². The van der Waals surface area contributed by atoms with Crippen molar-refractivity contribution in [3.63, 3.8) is 0 Å². The number of anilines is 1. The van der Waals surface area contributed by atoms with Crippen LogP contribution < -0.4 is 5.32 Å². The van der Waals surface area contributed by atoms with Crippen LogP contribution in [0.4, 0.5) is 5.69 Å². The van der Waals surface area contributed by atoms with Gasteiger partial charge in [-0.25, -0.2) is 0 Å². The van der Waals surface area contributed by atoms with Gasteiger partial charge in [-0.1, -0.05) is 23.2 Å². The monoisotopic (exact) mass is 285 g/mol. The molecule has 1 aromatic rings. The summed E-state index contributed by atoms with van der Waals surface area (Å²) < 4.78 is 0. The van der Waals surface area contributed by atoms with Crippen molar-refractivity contribution < 1.29 is 9.90 Å². The number of phenols is 1. The maximum Gasteiger partial charge on any atom is 0.224 e. The Morgan fingerprint density at radius 3 is 2.78 bits per heavy atom. The summed E-state index contributed by atoms with van der Waals surface area (Å²) in [5.41, 5.74) is 0.217. The van der Waals surface area contributed by atoms with E-state index in [0.29, 0.717) is 24.3 Å². The van der Waals surface area contributed by atoms with Crippen molar-refractivity contribution in [2.45, 2.75) is 25.7 Å². The third-order valence-corrected chi connectivity index (χ3v) is 2.78. The van der Waals surface area contributed by atoms with E-state index in [0.717, 1.165) is 6.42 Å². The zero-order valence-electron chi connectivity index (χ0n) is 9.67. The van der Waals surface area contributed by atoms with Gasteiger partial charge in [0.2, 0.25) is 5.91 Å². The van der Waals surface area contributed by atoms with Gasteiger partial charge in [-0.15, -0.1) is 12.3 Å². The molecule has 5 heteroatoms. The van der Waals surface area contributed by atoms with Gasteiger partial charge in [0, 0.05) is 17.9 Å². The van der Waals surface area contributed by atoms with Crippen molar-refractivity contribution >= 4 is 34.8 Å². The molecule has 3 nitrogen and oxygen atoms in total.